The summed E-state index contributed by atoms with van der Waals surface area (Å²) in [6.45, 7) is 6.58. The first-order chi connectivity index (χ1) is 6.79. The van der Waals surface area contributed by atoms with Crippen molar-refractivity contribution in [3.8, 4) is 0 Å². The van der Waals surface area contributed by atoms with Crippen LogP contribution in [0.15, 0.2) is 9.98 Å². The van der Waals surface area contributed by atoms with Gasteiger partial charge in [0.25, 0.3) is 0 Å². The van der Waals surface area contributed by atoms with E-state index in [1.165, 1.54) is 21.6 Å². The minimum atomic E-state index is 0.562. The van der Waals surface area contributed by atoms with E-state index in [2.05, 4.69) is 23.8 Å². The molecule has 0 N–H and O–H groups in total. The van der Waals surface area contributed by atoms with Gasteiger partial charge in [0.2, 0.25) is 0 Å². The normalized spacial score (nSPS) is 25.9. The van der Waals surface area contributed by atoms with Gasteiger partial charge in [-0.1, -0.05) is 13.8 Å². The Morgan fingerprint density at radius 2 is 1.36 bits per heavy atom. The highest BCUT2D eigenvalue weighted by Gasteiger charge is 2.26. The average molecular weight is 228 g/mol. The Balaban J connectivity index is 1.99. The molecule has 2 heterocycles. The molecule has 0 saturated heterocycles. The van der Waals surface area contributed by atoms with Crippen LogP contribution in [0.2, 0.25) is 0 Å². The molecule has 2 nitrogen and oxygen atoms in total. The van der Waals surface area contributed by atoms with Crippen molar-refractivity contribution in [2.24, 2.45) is 21.8 Å². The summed E-state index contributed by atoms with van der Waals surface area (Å²) >= 11 is 3.85. The molecule has 2 aliphatic rings. The van der Waals surface area contributed by atoms with Crippen LogP contribution in [0.4, 0.5) is 0 Å². The molecule has 0 aromatic rings. The predicted octanol–water partition coefficient (Wildman–Crippen LogP) is 2.55. The van der Waals surface area contributed by atoms with Crippen LogP contribution in [0.25, 0.3) is 0 Å². The maximum absolute atomic E-state index is 4.54. The average Bonchev–Trinajstić information content (AvgIpc) is 2.87. The number of aliphatic imine (C=N–C) groups is 2. The molecule has 0 saturated carbocycles. The summed E-state index contributed by atoms with van der Waals surface area (Å²) in [5, 5.41) is 2.68. The van der Waals surface area contributed by atoms with Gasteiger partial charge >= 0.3 is 0 Å². The molecule has 0 aromatic heterocycles. The smallest absolute Gasteiger partial charge is 0.0711 e. The molecular weight excluding hydrogens is 212 g/mol. The SMILES string of the molecule is CC(C1=NCCS1)C(C)C1=NCCS1. The molecule has 2 atom stereocenters. The van der Waals surface area contributed by atoms with Gasteiger partial charge in [-0.25, -0.2) is 0 Å². The minimum Gasteiger partial charge on any atom is -0.282 e. The summed E-state index contributed by atoms with van der Waals surface area (Å²) in [6.07, 6.45) is 0. The van der Waals surface area contributed by atoms with E-state index in [1.807, 2.05) is 23.5 Å². The zero-order chi connectivity index (χ0) is 9.97. The molecule has 2 aliphatic heterocycles. The fourth-order valence-electron chi connectivity index (χ4n) is 1.68. The second kappa shape index (κ2) is 4.71. The molecule has 2 unspecified atom stereocenters. The van der Waals surface area contributed by atoms with E-state index in [1.54, 1.807) is 0 Å². The van der Waals surface area contributed by atoms with Crippen LogP contribution in [-0.4, -0.2) is 34.7 Å². The fourth-order valence-corrected chi connectivity index (χ4v) is 3.76. The Morgan fingerprint density at radius 3 is 1.64 bits per heavy atom. The summed E-state index contributed by atoms with van der Waals surface area (Å²) in [7, 11) is 0. The third kappa shape index (κ3) is 2.16. The highest BCUT2D eigenvalue weighted by molar-refractivity contribution is 8.14. The molecule has 78 valence electrons. The first-order valence-electron chi connectivity index (χ1n) is 5.13. The van der Waals surface area contributed by atoms with Gasteiger partial charge < -0.3 is 0 Å². The van der Waals surface area contributed by atoms with Gasteiger partial charge in [0.15, 0.2) is 0 Å². The molecule has 0 aliphatic carbocycles. The van der Waals surface area contributed by atoms with Crippen LogP contribution < -0.4 is 0 Å². The van der Waals surface area contributed by atoms with E-state index in [9.17, 15) is 0 Å². The first-order valence-corrected chi connectivity index (χ1v) is 7.10. The zero-order valence-electron chi connectivity index (χ0n) is 8.69. The lowest BCUT2D eigenvalue weighted by atomic mass is 9.98. The van der Waals surface area contributed by atoms with Gasteiger partial charge in [0.1, 0.15) is 0 Å². The van der Waals surface area contributed by atoms with Crippen molar-refractivity contribution in [2.45, 2.75) is 13.8 Å². The maximum atomic E-state index is 4.54. The van der Waals surface area contributed by atoms with Crippen molar-refractivity contribution in [2.75, 3.05) is 24.6 Å². The van der Waals surface area contributed by atoms with E-state index in [0.29, 0.717) is 11.8 Å². The Morgan fingerprint density at radius 1 is 0.929 bits per heavy atom. The van der Waals surface area contributed by atoms with Crippen LogP contribution in [0.3, 0.4) is 0 Å². The molecule has 0 radical (unpaired) electrons. The molecule has 0 bridgehead atoms. The lowest BCUT2D eigenvalue weighted by Gasteiger charge is -2.18. The van der Waals surface area contributed by atoms with Gasteiger partial charge in [-0.15, -0.1) is 23.5 Å². The lowest BCUT2D eigenvalue weighted by Crippen LogP contribution is -2.20. The van der Waals surface area contributed by atoms with Crippen molar-refractivity contribution in [3.05, 3.63) is 0 Å². The largest absolute Gasteiger partial charge is 0.282 e. The maximum Gasteiger partial charge on any atom is 0.0711 e. The van der Waals surface area contributed by atoms with E-state index < -0.39 is 0 Å². The predicted molar refractivity (Wildman–Crippen MR) is 67.8 cm³/mol. The minimum absolute atomic E-state index is 0.562. The number of nitrogens with zero attached hydrogens (tertiary/aromatic N) is 2. The van der Waals surface area contributed by atoms with Crippen molar-refractivity contribution in [3.63, 3.8) is 0 Å². The lowest BCUT2D eigenvalue weighted by molar-refractivity contribution is 0.638. The number of thioether (sulfide) groups is 2. The quantitative estimate of drug-likeness (QED) is 0.741. The van der Waals surface area contributed by atoms with Crippen LogP contribution in [0.1, 0.15) is 13.8 Å². The van der Waals surface area contributed by atoms with E-state index in [4.69, 9.17) is 0 Å². The highest BCUT2D eigenvalue weighted by atomic mass is 32.2. The van der Waals surface area contributed by atoms with E-state index in [-0.39, 0.29) is 0 Å². The molecule has 4 heteroatoms. The molecule has 2 rings (SSSR count). The van der Waals surface area contributed by atoms with Crippen LogP contribution in [0.5, 0.6) is 0 Å². The third-order valence-corrected chi connectivity index (χ3v) is 5.11. The monoisotopic (exact) mass is 228 g/mol. The van der Waals surface area contributed by atoms with E-state index >= 15 is 0 Å². The molecule has 14 heavy (non-hydrogen) atoms. The highest BCUT2D eigenvalue weighted by Crippen LogP contribution is 2.29. The first kappa shape index (κ1) is 10.6. The van der Waals surface area contributed by atoms with Gasteiger partial charge in [-0.05, 0) is 0 Å². The molecule has 0 amide bonds. The Bertz CT molecular complexity index is 245. The molecule has 0 fully saturated rings. The fraction of sp³-hybridized carbons (Fsp3) is 0.800. The van der Waals surface area contributed by atoms with Gasteiger partial charge in [0.05, 0.1) is 10.1 Å². The summed E-state index contributed by atoms with van der Waals surface area (Å²) in [5.74, 6) is 3.47. The topological polar surface area (TPSA) is 24.7 Å². The molecule has 0 aromatic carbocycles. The Hall–Kier alpha value is 0.0400. The van der Waals surface area contributed by atoms with E-state index in [0.717, 1.165) is 13.1 Å². The summed E-state index contributed by atoms with van der Waals surface area (Å²) < 4.78 is 0. The van der Waals surface area contributed by atoms with Crippen molar-refractivity contribution in [1.29, 1.82) is 0 Å². The van der Waals surface area contributed by atoms with Gasteiger partial charge in [-0.2, -0.15) is 0 Å². The number of hydrogen-bond donors (Lipinski definition) is 0. The van der Waals surface area contributed by atoms with Crippen molar-refractivity contribution < 1.29 is 0 Å². The summed E-state index contributed by atoms with van der Waals surface area (Å²) in [4.78, 5) is 9.09. The summed E-state index contributed by atoms with van der Waals surface area (Å²) in [6, 6.07) is 0. The Kier molecular flexibility index (Phi) is 3.55. The zero-order valence-corrected chi connectivity index (χ0v) is 10.3. The van der Waals surface area contributed by atoms with Crippen LogP contribution in [-0.2, 0) is 0 Å². The van der Waals surface area contributed by atoms with Gasteiger partial charge in [0, 0.05) is 36.4 Å². The number of rotatable bonds is 3. The van der Waals surface area contributed by atoms with Crippen molar-refractivity contribution >= 4 is 33.6 Å². The third-order valence-electron chi connectivity index (χ3n) is 2.75. The second-order valence-electron chi connectivity index (χ2n) is 3.71. The summed E-state index contributed by atoms with van der Waals surface area (Å²) in [5.41, 5.74) is 0. The standard InChI is InChI=1S/C10H16N2S2/c1-7(9-11-3-5-13-9)8(2)10-12-4-6-14-10/h7-8H,3-6H2,1-2H3. The van der Waals surface area contributed by atoms with Crippen LogP contribution >= 0.6 is 23.5 Å². The number of hydrogen-bond acceptors (Lipinski definition) is 4. The second-order valence-corrected chi connectivity index (χ2v) is 5.94. The molecule has 0 spiro atoms. The Labute approximate surface area is 94.0 Å². The van der Waals surface area contributed by atoms with Crippen LogP contribution in [0, 0.1) is 11.8 Å². The van der Waals surface area contributed by atoms with Crippen molar-refractivity contribution in [1.82, 2.24) is 0 Å². The molecular formula is C10H16N2S2. The van der Waals surface area contributed by atoms with Gasteiger partial charge in [-0.3, -0.25) is 9.98 Å².